The van der Waals surface area contributed by atoms with E-state index in [-0.39, 0.29) is 29.3 Å². The Labute approximate surface area is 310 Å². The lowest BCUT2D eigenvalue weighted by molar-refractivity contribution is -0.135. The van der Waals surface area contributed by atoms with Crippen molar-refractivity contribution in [3.63, 3.8) is 0 Å². The molecule has 2 atom stereocenters. The number of nitrogens with one attached hydrogen (secondary N) is 2. The van der Waals surface area contributed by atoms with Gasteiger partial charge in [-0.05, 0) is 92.5 Å². The molecule has 0 bridgehead atoms. The number of ether oxygens (including phenoxy) is 1. The molecule has 3 amide bonds. The number of aromatic hydroxyl groups is 1. The van der Waals surface area contributed by atoms with Gasteiger partial charge in [0.15, 0.2) is 5.82 Å². The molecule has 4 saturated heterocycles. The van der Waals surface area contributed by atoms with Crippen molar-refractivity contribution in [1.29, 1.82) is 0 Å². The Morgan fingerprint density at radius 2 is 1.67 bits per heavy atom. The zero-order chi connectivity index (χ0) is 37.9. The van der Waals surface area contributed by atoms with Crippen molar-refractivity contribution in [2.45, 2.75) is 44.1 Å². The van der Waals surface area contributed by atoms with Gasteiger partial charge in [0, 0.05) is 44.4 Å². The van der Waals surface area contributed by atoms with Gasteiger partial charge in [0.2, 0.25) is 11.8 Å². The van der Waals surface area contributed by atoms with Crippen molar-refractivity contribution in [2.75, 3.05) is 56.7 Å². The number of likely N-dealkylation sites (tertiary alicyclic amines) is 2. The van der Waals surface area contributed by atoms with E-state index in [9.17, 15) is 32.7 Å². The van der Waals surface area contributed by atoms with Crippen LogP contribution in [-0.4, -0.2) is 103 Å². The van der Waals surface area contributed by atoms with Crippen LogP contribution in [0.1, 0.15) is 49.6 Å². The molecule has 17 heteroatoms. The number of fused-ring (bicyclic) bond motifs is 2. The Morgan fingerprint density at radius 1 is 0.907 bits per heavy atom. The summed E-state index contributed by atoms with van der Waals surface area (Å²) in [6.45, 7) is 5.46. The zero-order valence-corrected chi connectivity index (χ0v) is 30.6. The first-order valence-corrected chi connectivity index (χ1v) is 19.7. The summed E-state index contributed by atoms with van der Waals surface area (Å²) in [5.74, 6) is -2.04. The molecule has 0 aliphatic carbocycles. The number of imidazole rings is 1. The lowest BCUT2D eigenvalue weighted by Crippen LogP contribution is -2.44. The van der Waals surface area contributed by atoms with Crippen LogP contribution in [0.3, 0.4) is 0 Å². The SMILES string of the molecule is Cn1c(=O)n(C2CCC(=O)NC2=O)c2ccc(C3CCN(CCN4CC[C@@H](COc5ccc6cc(O)c(N7CC(=O)NS7(=O)=O)c(F)c6c5)C4)CC3)cc21. The number of phenolic OH excluding ortho intramolecular Hbond substituents is 1. The summed E-state index contributed by atoms with van der Waals surface area (Å²) in [6.07, 6.45) is 3.47. The van der Waals surface area contributed by atoms with Gasteiger partial charge in [-0.25, -0.2) is 18.2 Å². The van der Waals surface area contributed by atoms with Gasteiger partial charge in [-0.2, -0.15) is 8.42 Å². The first kappa shape index (κ1) is 36.0. The Bertz CT molecular complexity index is 2350. The van der Waals surface area contributed by atoms with Crippen molar-refractivity contribution in [1.82, 2.24) is 29.0 Å². The fourth-order valence-electron chi connectivity index (χ4n) is 8.38. The molecule has 4 fully saturated rings. The summed E-state index contributed by atoms with van der Waals surface area (Å²) in [4.78, 5) is 54.0. The monoisotopic (exact) mass is 763 g/mol. The predicted molar refractivity (Wildman–Crippen MR) is 197 cm³/mol. The van der Waals surface area contributed by atoms with Gasteiger partial charge in [0.25, 0.3) is 5.91 Å². The molecule has 3 N–H and O–H groups in total. The Hall–Kier alpha value is -5.00. The highest BCUT2D eigenvalue weighted by Crippen LogP contribution is 2.39. The van der Waals surface area contributed by atoms with E-state index in [1.54, 1.807) is 28.5 Å². The molecule has 1 unspecified atom stereocenters. The van der Waals surface area contributed by atoms with Crippen molar-refractivity contribution in [3.05, 3.63) is 64.3 Å². The minimum Gasteiger partial charge on any atom is -0.506 e. The van der Waals surface area contributed by atoms with Crippen LogP contribution in [0.2, 0.25) is 0 Å². The molecule has 8 rings (SSSR count). The number of aromatic nitrogens is 2. The normalized spacial score (nSPS) is 22.7. The predicted octanol–water partition coefficient (Wildman–Crippen LogP) is 2.08. The number of rotatable bonds is 9. The summed E-state index contributed by atoms with van der Waals surface area (Å²) < 4.78 is 51.8. The fourth-order valence-corrected chi connectivity index (χ4v) is 9.55. The number of piperidine rings is 2. The third-order valence-electron chi connectivity index (χ3n) is 11.4. The van der Waals surface area contributed by atoms with Gasteiger partial charge in [-0.15, -0.1) is 0 Å². The van der Waals surface area contributed by atoms with Crippen molar-refractivity contribution < 1.29 is 37.0 Å². The van der Waals surface area contributed by atoms with Crippen LogP contribution >= 0.6 is 0 Å². The number of halogens is 1. The Kier molecular flexibility index (Phi) is 9.34. The highest BCUT2D eigenvalue weighted by Gasteiger charge is 2.38. The molecular formula is C37H42FN7O8S. The molecule has 286 valence electrons. The van der Waals surface area contributed by atoms with Gasteiger partial charge in [0.1, 0.15) is 29.8 Å². The number of anilines is 1. The summed E-state index contributed by atoms with van der Waals surface area (Å²) in [5.41, 5.74) is 1.82. The zero-order valence-electron chi connectivity index (χ0n) is 29.8. The molecule has 4 aromatic rings. The molecule has 15 nitrogen and oxygen atoms in total. The molecule has 1 aromatic heterocycles. The van der Waals surface area contributed by atoms with Crippen molar-refractivity contribution in [2.24, 2.45) is 13.0 Å². The topological polar surface area (TPSA) is 176 Å². The van der Waals surface area contributed by atoms with E-state index in [4.69, 9.17) is 4.74 Å². The van der Waals surface area contributed by atoms with E-state index in [1.165, 1.54) is 22.3 Å². The summed E-state index contributed by atoms with van der Waals surface area (Å²) in [6, 6.07) is 11.4. The number of carbonyl (C=O) groups excluding carboxylic acids is 3. The number of phenols is 1. The molecule has 3 aromatic carbocycles. The van der Waals surface area contributed by atoms with Crippen LogP contribution in [0.4, 0.5) is 10.1 Å². The molecule has 4 aliphatic rings. The highest BCUT2D eigenvalue weighted by atomic mass is 32.2. The van der Waals surface area contributed by atoms with Crippen LogP contribution in [0, 0.1) is 11.7 Å². The number of amides is 3. The molecule has 0 saturated carbocycles. The number of benzene rings is 3. The molecule has 0 spiro atoms. The van der Waals surface area contributed by atoms with E-state index >= 15 is 4.39 Å². The maximum Gasteiger partial charge on any atom is 0.329 e. The van der Waals surface area contributed by atoms with Gasteiger partial charge < -0.3 is 19.6 Å². The number of aryl methyl sites for hydroxylation is 1. The van der Waals surface area contributed by atoms with Crippen LogP contribution in [-0.2, 0) is 31.6 Å². The second-order valence-corrected chi connectivity index (χ2v) is 16.4. The summed E-state index contributed by atoms with van der Waals surface area (Å²) >= 11 is 0. The molecule has 5 heterocycles. The van der Waals surface area contributed by atoms with Gasteiger partial charge >= 0.3 is 15.9 Å². The number of carbonyl (C=O) groups is 3. The largest absolute Gasteiger partial charge is 0.506 e. The van der Waals surface area contributed by atoms with E-state index < -0.39 is 51.9 Å². The Morgan fingerprint density at radius 3 is 2.41 bits per heavy atom. The lowest BCUT2D eigenvalue weighted by Gasteiger charge is -2.33. The van der Waals surface area contributed by atoms with Crippen LogP contribution in [0.15, 0.2) is 47.3 Å². The second kappa shape index (κ2) is 14.0. The van der Waals surface area contributed by atoms with E-state index in [0.717, 1.165) is 64.0 Å². The average Bonchev–Trinajstić information content (AvgIpc) is 3.79. The van der Waals surface area contributed by atoms with Gasteiger partial charge in [-0.1, -0.05) is 12.1 Å². The highest BCUT2D eigenvalue weighted by molar-refractivity contribution is 7.92. The summed E-state index contributed by atoms with van der Waals surface area (Å²) in [7, 11) is -2.59. The minimum atomic E-state index is -4.31. The average molecular weight is 764 g/mol. The second-order valence-electron chi connectivity index (χ2n) is 14.8. The maximum absolute atomic E-state index is 15.6. The van der Waals surface area contributed by atoms with Crippen LogP contribution in [0.5, 0.6) is 11.5 Å². The van der Waals surface area contributed by atoms with E-state index in [2.05, 4.69) is 27.2 Å². The molecule has 4 aliphatic heterocycles. The third kappa shape index (κ3) is 6.68. The van der Waals surface area contributed by atoms with E-state index in [0.29, 0.717) is 39.9 Å². The van der Waals surface area contributed by atoms with Crippen LogP contribution in [0.25, 0.3) is 21.8 Å². The smallest absolute Gasteiger partial charge is 0.329 e. The lowest BCUT2D eigenvalue weighted by atomic mass is 9.89. The first-order chi connectivity index (χ1) is 25.9. The maximum atomic E-state index is 15.6. The molecular weight excluding hydrogens is 722 g/mol. The number of imide groups is 1. The van der Waals surface area contributed by atoms with Gasteiger partial charge in [-0.3, -0.25) is 28.8 Å². The summed E-state index contributed by atoms with van der Waals surface area (Å²) in [5, 5.41) is 13.2. The quantitative estimate of drug-likeness (QED) is 0.214. The number of hydrogen-bond acceptors (Lipinski definition) is 10. The minimum absolute atomic E-state index is 0.0710. The van der Waals surface area contributed by atoms with E-state index in [1.807, 2.05) is 6.07 Å². The van der Waals surface area contributed by atoms with Crippen LogP contribution < -0.4 is 24.8 Å². The van der Waals surface area contributed by atoms with Crippen molar-refractivity contribution >= 4 is 55.4 Å². The van der Waals surface area contributed by atoms with Crippen molar-refractivity contribution in [3.8, 4) is 11.5 Å². The van der Waals surface area contributed by atoms with Gasteiger partial charge in [0.05, 0.1) is 17.6 Å². The first-order valence-electron chi connectivity index (χ1n) is 18.3. The third-order valence-corrected chi connectivity index (χ3v) is 12.7. The number of nitrogens with zero attached hydrogens (tertiary/aromatic N) is 5. The number of hydrogen-bond donors (Lipinski definition) is 3. The molecule has 0 radical (unpaired) electrons. The fraction of sp³-hybridized carbons (Fsp3) is 0.459. The Balaban J connectivity index is 0.828. The standard InChI is InChI=1S/C37H42FN7O8S/c1-41-30-16-24(3-5-28(30)45(37(41)50)29-6-7-32(47)39-36(29)49)23-9-12-42(13-10-23)14-15-43-11-8-22(19-43)21-53-26-4-2-25-17-31(46)35(34(38)27(25)18-26)44-20-33(48)40-54(44,51)52/h2-5,16-18,22-23,29,46H,6-15,19-21H2,1H3,(H,40,48)(H,39,47,49)/t22-,29?/m1/s1. The molecule has 54 heavy (non-hydrogen) atoms.